The Hall–Kier alpha value is -4.86. The molecule has 2 aliphatic heterocycles. The number of para-hydroxylation sites is 1. The van der Waals surface area contributed by atoms with Crippen LogP contribution in [-0.4, -0.2) is 78.7 Å². The topological polar surface area (TPSA) is 106 Å². The zero-order valence-corrected chi connectivity index (χ0v) is 27.7. The van der Waals surface area contributed by atoms with Gasteiger partial charge in [0.25, 0.3) is 0 Å². The Morgan fingerprint density at radius 2 is 1.57 bits per heavy atom. The number of amides is 3. The molecule has 0 aliphatic carbocycles. The number of esters is 1. The number of benzene rings is 3. The summed E-state index contributed by atoms with van der Waals surface area (Å²) in [7, 11) is 2.93. The molecule has 0 saturated carbocycles. The Labute approximate surface area is 276 Å². The lowest BCUT2D eigenvalue weighted by Crippen LogP contribution is -2.55. The molecule has 0 N–H and O–H groups in total. The van der Waals surface area contributed by atoms with Crippen LogP contribution in [0.3, 0.4) is 0 Å². The third-order valence-electron chi connectivity index (χ3n) is 8.60. The smallest absolute Gasteiger partial charge is 0.415 e. The lowest BCUT2D eigenvalue weighted by atomic mass is 9.92. The lowest BCUT2D eigenvalue weighted by molar-refractivity contribution is -0.147. The molecule has 0 saturated heterocycles. The van der Waals surface area contributed by atoms with Crippen LogP contribution < -0.4 is 9.64 Å². The van der Waals surface area contributed by atoms with Gasteiger partial charge < -0.3 is 24.0 Å². The van der Waals surface area contributed by atoms with Crippen LogP contribution in [0.5, 0.6) is 5.75 Å². The van der Waals surface area contributed by atoms with Gasteiger partial charge in [-0.1, -0.05) is 54.6 Å². The van der Waals surface area contributed by atoms with Crippen LogP contribution in [0.25, 0.3) is 0 Å². The van der Waals surface area contributed by atoms with E-state index in [1.54, 1.807) is 38.8 Å². The maximum atomic E-state index is 14.6. The summed E-state index contributed by atoms with van der Waals surface area (Å²) in [5.74, 6) is -0.358. The summed E-state index contributed by atoms with van der Waals surface area (Å²) >= 11 is 0. The predicted molar refractivity (Wildman–Crippen MR) is 177 cm³/mol. The van der Waals surface area contributed by atoms with Crippen molar-refractivity contribution in [2.75, 3.05) is 32.2 Å². The van der Waals surface area contributed by atoms with Gasteiger partial charge in [0, 0.05) is 25.6 Å². The molecule has 0 aromatic heterocycles. The van der Waals surface area contributed by atoms with E-state index in [-0.39, 0.29) is 31.3 Å². The Morgan fingerprint density at radius 1 is 0.872 bits per heavy atom. The largest absolute Gasteiger partial charge is 0.497 e. The van der Waals surface area contributed by atoms with Gasteiger partial charge in [0.2, 0.25) is 11.8 Å². The quantitative estimate of drug-likeness (QED) is 0.305. The first-order chi connectivity index (χ1) is 22.5. The number of carbonyl (C=O) groups is 4. The average Bonchev–Trinajstić information content (AvgIpc) is 3.45. The van der Waals surface area contributed by atoms with Gasteiger partial charge in [0.15, 0.2) is 0 Å². The maximum absolute atomic E-state index is 14.6. The molecule has 2 aliphatic rings. The third kappa shape index (κ3) is 7.93. The van der Waals surface area contributed by atoms with Crippen molar-refractivity contribution >= 4 is 29.6 Å². The predicted octanol–water partition coefficient (Wildman–Crippen LogP) is 4.95. The van der Waals surface area contributed by atoms with E-state index in [9.17, 15) is 19.2 Å². The van der Waals surface area contributed by atoms with Crippen molar-refractivity contribution in [2.24, 2.45) is 0 Å². The first kappa shape index (κ1) is 33.5. The number of ether oxygens (including phenoxy) is 3. The molecule has 10 heteroatoms. The summed E-state index contributed by atoms with van der Waals surface area (Å²) in [5, 5.41) is 0. The van der Waals surface area contributed by atoms with Crippen LogP contribution in [0.15, 0.2) is 72.8 Å². The van der Waals surface area contributed by atoms with E-state index in [4.69, 9.17) is 14.2 Å². The van der Waals surface area contributed by atoms with Gasteiger partial charge in [0.05, 0.1) is 32.9 Å². The standard InChI is InChI=1S/C37H43N3O7/c1-37(2,3)47-36(44)40-31-16-9-8-13-27(31)21-32(40)35(43)38(18-17-25-11-10-15-30(19-25)45-4)24-33(41)39-23-28-14-7-6-12-26(28)20-29(39)22-34(42)46-5/h6-16,19,29,32H,17-18,20-24H2,1-5H3/t29-,32-/m1/s1. The molecule has 3 aromatic carbocycles. The van der Waals surface area contributed by atoms with Gasteiger partial charge in [-0.15, -0.1) is 0 Å². The van der Waals surface area contributed by atoms with Gasteiger partial charge in [-0.05, 0) is 74.1 Å². The Balaban J connectivity index is 1.45. The Kier molecular flexibility index (Phi) is 10.2. The molecule has 3 aromatic rings. The molecule has 5 rings (SSSR count). The van der Waals surface area contributed by atoms with Crippen LogP contribution in [0.2, 0.25) is 0 Å². The van der Waals surface area contributed by atoms with E-state index < -0.39 is 29.7 Å². The number of methoxy groups -OCH3 is 2. The number of hydrogen-bond donors (Lipinski definition) is 0. The van der Waals surface area contributed by atoms with Gasteiger partial charge in [-0.3, -0.25) is 19.3 Å². The molecule has 10 nitrogen and oxygen atoms in total. The molecular weight excluding hydrogens is 598 g/mol. The minimum Gasteiger partial charge on any atom is -0.497 e. The third-order valence-corrected chi connectivity index (χ3v) is 8.60. The van der Waals surface area contributed by atoms with Crippen molar-refractivity contribution < 1.29 is 33.4 Å². The lowest BCUT2D eigenvalue weighted by Gasteiger charge is -2.38. The van der Waals surface area contributed by atoms with E-state index in [1.807, 2.05) is 66.7 Å². The summed E-state index contributed by atoms with van der Waals surface area (Å²) in [6.45, 7) is 5.66. The van der Waals surface area contributed by atoms with E-state index in [1.165, 1.54) is 16.9 Å². The summed E-state index contributed by atoms with van der Waals surface area (Å²) in [6.07, 6.45) is 0.667. The van der Waals surface area contributed by atoms with Crippen molar-refractivity contribution in [2.45, 2.75) is 70.7 Å². The normalized spacial score (nSPS) is 17.0. The van der Waals surface area contributed by atoms with Gasteiger partial charge >= 0.3 is 12.1 Å². The SMILES string of the molecule is COC(=O)C[C@H]1Cc2ccccc2CN1C(=O)CN(CCc1cccc(OC)c1)C(=O)[C@H]1Cc2ccccc2N1C(=O)OC(C)(C)C. The Bertz CT molecular complexity index is 1630. The van der Waals surface area contributed by atoms with E-state index >= 15 is 0 Å². The van der Waals surface area contributed by atoms with E-state index in [0.29, 0.717) is 37.2 Å². The van der Waals surface area contributed by atoms with Crippen molar-refractivity contribution in [1.82, 2.24) is 9.80 Å². The number of nitrogens with zero attached hydrogens (tertiary/aromatic N) is 3. The minimum atomic E-state index is -0.895. The summed E-state index contributed by atoms with van der Waals surface area (Å²) in [5.41, 5.74) is 3.70. The molecule has 2 atom stereocenters. The highest BCUT2D eigenvalue weighted by Gasteiger charge is 2.43. The van der Waals surface area contributed by atoms with Crippen molar-refractivity contribution in [3.8, 4) is 5.75 Å². The second kappa shape index (κ2) is 14.3. The average molecular weight is 642 g/mol. The fourth-order valence-corrected chi connectivity index (χ4v) is 6.28. The highest BCUT2D eigenvalue weighted by atomic mass is 16.6. The minimum absolute atomic E-state index is 0.0404. The molecule has 0 unspecified atom stereocenters. The Morgan fingerprint density at radius 3 is 2.28 bits per heavy atom. The van der Waals surface area contributed by atoms with Crippen molar-refractivity contribution in [3.05, 3.63) is 95.1 Å². The molecular formula is C37H43N3O7. The fourth-order valence-electron chi connectivity index (χ4n) is 6.28. The van der Waals surface area contributed by atoms with Crippen LogP contribution in [0.4, 0.5) is 10.5 Å². The zero-order chi connectivity index (χ0) is 33.7. The number of hydrogen-bond acceptors (Lipinski definition) is 7. The molecule has 0 bridgehead atoms. The second-order valence-electron chi connectivity index (χ2n) is 13.0. The van der Waals surface area contributed by atoms with E-state index in [0.717, 1.165) is 22.3 Å². The maximum Gasteiger partial charge on any atom is 0.415 e. The van der Waals surface area contributed by atoms with Crippen LogP contribution in [-0.2, 0) is 49.7 Å². The highest BCUT2D eigenvalue weighted by molar-refractivity contribution is 6.01. The number of rotatable bonds is 9. The number of fused-ring (bicyclic) bond motifs is 2. The van der Waals surface area contributed by atoms with Crippen molar-refractivity contribution in [3.63, 3.8) is 0 Å². The van der Waals surface area contributed by atoms with Gasteiger partial charge in [0.1, 0.15) is 17.4 Å². The monoisotopic (exact) mass is 641 g/mol. The van der Waals surface area contributed by atoms with Crippen LogP contribution >= 0.6 is 0 Å². The zero-order valence-electron chi connectivity index (χ0n) is 27.7. The number of carbonyl (C=O) groups excluding carboxylic acids is 4. The first-order valence-electron chi connectivity index (χ1n) is 15.9. The molecule has 0 spiro atoms. The van der Waals surface area contributed by atoms with Gasteiger partial charge in [-0.25, -0.2) is 4.79 Å². The summed E-state index contributed by atoms with van der Waals surface area (Å²) in [4.78, 5) is 59.4. The molecule has 47 heavy (non-hydrogen) atoms. The van der Waals surface area contributed by atoms with Crippen LogP contribution in [0.1, 0.15) is 49.4 Å². The molecule has 2 heterocycles. The van der Waals surface area contributed by atoms with E-state index in [2.05, 4.69) is 0 Å². The summed E-state index contributed by atoms with van der Waals surface area (Å²) < 4.78 is 16.1. The van der Waals surface area contributed by atoms with Crippen molar-refractivity contribution in [1.29, 1.82) is 0 Å². The molecule has 0 fully saturated rings. The second-order valence-corrected chi connectivity index (χ2v) is 13.0. The molecule has 0 radical (unpaired) electrons. The molecule has 248 valence electrons. The van der Waals surface area contributed by atoms with Crippen LogP contribution in [0, 0.1) is 0 Å². The number of anilines is 1. The fraction of sp³-hybridized carbons (Fsp3) is 0.405. The first-order valence-corrected chi connectivity index (χ1v) is 15.9. The van der Waals surface area contributed by atoms with Gasteiger partial charge in [-0.2, -0.15) is 0 Å². The highest BCUT2D eigenvalue weighted by Crippen LogP contribution is 2.34. The summed E-state index contributed by atoms with van der Waals surface area (Å²) in [6, 6.07) is 21.5. The molecule has 3 amide bonds.